The molecule has 1 aliphatic carbocycles. The fraction of sp³-hybridized carbons (Fsp3) is 0.768. The van der Waals surface area contributed by atoms with Crippen LogP contribution >= 0.6 is 0 Å². The zero-order valence-electron chi connectivity index (χ0n) is 45.1. The number of carbonyl (C=O) groups excluding carboxylic acids is 5. The molecular formula is C56H89NO16. The monoisotopic (exact) mass is 1030 g/mol. The SMILES string of the molecule is CO[C@@H]1C[C@H](C[C@@H](C)[C@@H]2CC(=O)[C@H](C)C=C(C)[C@@H](O)[C@@H](OC)C(=O)[C@H](C)C[C@H](C)C=CC=CC=C(C)[C@H](OCCOCCOCCO)C[C@@H]3CC[C@@H](C)[C@@](O)(O3)C(=O)C(=O)N3CCCC[C@H]3C(=O)O2)CC[C@H]1O. The summed E-state index contributed by atoms with van der Waals surface area (Å²) in [6.45, 7) is 13.8. The number of aliphatic hydroxyl groups excluding tert-OH is 3. The largest absolute Gasteiger partial charge is 0.460 e. The van der Waals surface area contributed by atoms with E-state index in [-0.39, 0.29) is 87.7 Å². The number of Topliss-reactive ketones (excluding diaryl/α,β-unsaturated/α-hetero) is 3. The number of esters is 1. The van der Waals surface area contributed by atoms with Gasteiger partial charge in [0.2, 0.25) is 5.79 Å². The van der Waals surface area contributed by atoms with Crippen molar-refractivity contribution in [3.8, 4) is 0 Å². The highest BCUT2D eigenvalue weighted by Crippen LogP contribution is 2.38. The van der Waals surface area contributed by atoms with Crippen LogP contribution in [0.2, 0.25) is 0 Å². The molecule has 2 saturated heterocycles. The second kappa shape index (κ2) is 30.9. The van der Waals surface area contributed by atoms with Gasteiger partial charge in [-0.3, -0.25) is 19.2 Å². The zero-order chi connectivity index (χ0) is 53.8. The van der Waals surface area contributed by atoms with Crippen LogP contribution in [-0.2, 0) is 57.1 Å². The van der Waals surface area contributed by atoms with Crippen molar-refractivity contribution in [2.75, 3.05) is 60.4 Å². The Morgan fingerprint density at radius 1 is 0.822 bits per heavy atom. The molecule has 3 aliphatic heterocycles. The van der Waals surface area contributed by atoms with E-state index in [1.54, 1.807) is 40.9 Å². The van der Waals surface area contributed by atoms with Crippen molar-refractivity contribution in [1.29, 1.82) is 0 Å². The summed E-state index contributed by atoms with van der Waals surface area (Å²) >= 11 is 0. The Hall–Kier alpha value is -3.49. The van der Waals surface area contributed by atoms with Crippen LogP contribution in [0.4, 0.5) is 0 Å². The average Bonchev–Trinajstić information content (AvgIpc) is 3.37. The summed E-state index contributed by atoms with van der Waals surface area (Å²) in [4.78, 5) is 72.5. The Morgan fingerprint density at radius 3 is 2.23 bits per heavy atom. The number of allylic oxidation sites excluding steroid dienone is 6. The molecule has 4 aliphatic rings. The number of nitrogens with zero attached hydrogens (tertiary/aromatic N) is 1. The molecule has 1 amide bonds. The Balaban J connectivity index is 1.69. The quantitative estimate of drug-likeness (QED) is 0.0720. The first-order valence-electron chi connectivity index (χ1n) is 26.8. The van der Waals surface area contributed by atoms with Gasteiger partial charge in [-0.25, -0.2) is 4.79 Å². The molecule has 2 bridgehead atoms. The minimum Gasteiger partial charge on any atom is -0.460 e. The van der Waals surface area contributed by atoms with Crippen LogP contribution < -0.4 is 0 Å². The summed E-state index contributed by atoms with van der Waals surface area (Å²) in [5, 5.41) is 43.1. The van der Waals surface area contributed by atoms with E-state index in [9.17, 15) is 39.3 Å². The molecule has 0 aromatic carbocycles. The van der Waals surface area contributed by atoms with Crippen LogP contribution in [0, 0.1) is 35.5 Å². The summed E-state index contributed by atoms with van der Waals surface area (Å²) in [5.41, 5.74) is 1.20. The van der Waals surface area contributed by atoms with E-state index in [1.165, 1.54) is 12.0 Å². The molecule has 4 N–H and O–H groups in total. The zero-order valence-corrected chi connectivity index (χ0v) is 45.1. The second-order valence-electron chi connectivity index (χ2n) is 21.2. The molecular weight excluding hydrogens is 943 g/mol. The maximum atomic E-state index is 14.5. The highest BCUT2D eigenvalue weighted by molar-refractivity contribution is 6.39. The number of aliphatic hydroxyl groups is 4. The lowest BCUT2D eigenvalue weighted by Gasteiger charge is -2.43. The molecule has 414 valence electrons. The number of hydrogen-bond acceptors (Lipinski definition) is 16. The third kappa shape index (κ3) is 18.4. The minimum atomic E-state index is -2.49. The Kier molecular flexibility index (Phi) is 26.3. The van der Waals surface area contributed by atoms with Gasteiger partial charge in [-0.2, -0.15) is 0 Å². The highest BCUT2D eigenvalue weighted by atomic mass is 16.6. The Morgan fingerprint density at radius 2 is 1.53 bits per heavy atom. The van der Waals surface area contributed by atoms with Crippen molar-refractivity contribution in [2.45, 2.75) is 180 Å². The third-order valence-electron chi connectivity index (χ3n) is 15.3. The fourth-order valence-corrected chi connectivity index (χ4v) is 10.7. The molecule has 0 aromatic heterocycles. The maximum Gasteiger partial charge on any atom is 0.329 e. The summed E-state index contributed by atoms with van der Waals surface area (Å²) in [6.07, 6.45) is 10.4. The van der Waals surface area contributed by atoms with E-state index in [1.807, 2.05) is 51.2 Å². The van der Waals surface area contributed by atoms with E-state index >= 15 is 0 Å². The van der Waals surface area contributed by atoms with E-state index in [4.69, 9.17) is 38.3 Å². The first-order chi connectivity index (χ1) is 34.7. The van der Waals surface area contributed by atoms with Crippen molar-refractivity contribution in [2.24, 2.45) is 35.5 Å². The van der Waals surface area contributed by atoms with Gasteiger partial charge in [-0.15, -0.1) is 0 Å². The molecule has 3 heterocycles. The lowest BCUT2D eigenvalue weighted by atomic mass is 9.78. The summed E-state index contributed by atoms with van der Waals surface area (Å²) in [5.74, 6) is -8.31. The number of carbonyl (C=O) groups is 5. The lowest BCUT2D eigenvalue weighted by molar-refractivity contribution is -0.266. The third-order valence-corrected chi connectivity index (χ3v) is 15.3. The van der Waals surface area contributed by atoms with Gasteiger partial charge in [-0.1, -0.05) is 71.1 Å². The molecule has 0 unspecified atom stereocenters. The smallest absolute Gasteiger partial charge is 0.329 e. The number of rotatable bonds is 14. The fourth-order valence-electron chi connectivity index (χ4n) is 10.7. The minimum absolute atomic E-state index is 0.0192. The highest BCUT2D eigenvalue weighted by Gasteiger charge is 2.53. The van der Waals surface area contributed by atoms with Crippen LogP contribution in [0.15, 0.2) is 47.6 Å². The van der Waals surface area contributed by atoms with Crippen molar-refractivity contribution in [1.82, 2.24) is 4.90 Å². The van der Waals surface area contributed by atoms with E-state index in [0.29, 0.717) is 76.6 Å². The van der Waals surface area contributed by atoms with Crippen molar-refractivity contribution >= 4 is 29.2 Å². The number of hydrogen-bond donors (Lipinski definition) is 4. The molecule has 0 spiro atoms. The molecule has 15 atom stereocenters. The number of fused-ring (bicyclic) bond motifs is 3. The van der Waals surface area contributed by atoms with Crippen LogP contribution in [0.5, 0.6) is 0 Å². The van der Waals surface area contributed by atoms with E-state index < -0.39 is 83.9 Å². The Labute approximate surface area is 434 Å². The molecule has 3 fully saturated rings. The van der Waals surface area contributed by atoms with E-state index in [0.717, 1.165) is 5.57 Å². The topological polar surface area (TPSA) is 234 Å². The molecule has 4 rings (SSSR count). The van der Waals surface area contributed by atoms with Crippen LogP contribution in [-0.4, -0.2) is 170 Å². The Bertz CT molecular complexity index is 1900. The number of ether oxygens (including phenoxy) is 7. The lowest BCUT2D eigenvalue weighted by Crippen LogP contribution is -2.61. The van der Waals surface area contributed by atoms with Crippen molar-refractivity contribution in [3.63, 3.8) is 0 Å². The number of piperidine rings is 1. The molecule has 17 heteroatoms. The second-order valence-corrected chi connectivity index (χ2v) is 21.2. The number of cyclic esters (lactones) is 1. The van der Waals surface area contributed by atoms with Gasteiger partial charge in [0.15, 0.2) is 5.78 Å². The van der Waals surface area contributed by atoms with Crippen molar-refractivity contribution in [3.05, 3.63) is 47.6 Å². The van der Waals surface area contributed by atoms with Gasteiger partial charge in [0.1, 0.15) is 30.1 Å². The summed E-state index contributed by atoms with van der Waals surface area (Å²) < 4.78 is 41.0. The predicted octanol–water partition coefficient (Wildman–Crippen LogP) is 5.58. The maximum absolute atomic E-state index is 14.5. The number of methoxy groups -OCH3 is 2. The average molecular weight is 1030 g/mol. The standard InChI is InChI=1S/C56H89NO16/c1-35-15-11-10-12-16-36(2)47(71-28-27-70-26-25-69-24-23-58)33-43-20-18-41(7)56(66,73-43)53(63)54(64)57-22-14-13-17-44(57)55(65)72-48(38(4)31-42-19-21-45(59)49(32-42)67-8)34-46(60)37(3)30-40(6)51(62)52(68-9)50(61)39(5)29-35/h10-12,15-16,30,35,37-39,41-45,47-49,51-52,58-59,62,66H,13-14,17-29,31-34H2,1-9H3/t35-,37-,38-,39-,41-,42+,43+,44+,45-,47-,48+,49-,51-,52+,56-/m1/s1. The summed E-state index contributed by atoms with van der Waals surface area (Å²) in [6, 6.07) is -1.17. The molecule has 0 aromatic rings. The van der Waals surface area contributed by atoms with Gasteiger partial charge in [0.05, 0.1) is 64.1 Å². The first-order valence-corrected chi connectivity index (χ1v) is 26.8. The van der Waals surface area contributed by atoms with Crippen molar-refractivity contribution < 1.29 is 77.6 Å². The first kappa shape index (κ1) is 62.1. The van der Waals surface area contributed by atoms with Gasteiger partial charge in [0, 0.05) is 51.4 Å². The molecule has 73 heavy (non-hydrogen) atoms. The van der Waals surface area contributed by atoms with Gasteiger partial charge >= 0.3 is 5.97 Å². The van der Waals surface area contributed by atoms with E-state index in [2.05, 4.69) is 0 Å². The number of ketones is 3. The number of amides is 1. The van der Waals surface area contributed by atoms with Crippen LogP contribution in [0.25, 0.3) is 0 Å². The molecule has 0 radical (unpaired) electrons. The van der Waals surface area contributed by atoms with Crippen LogP contribution in [0.3, 0.4) is 0 Å². The van der Waals surface area contributed by atoms with Crippen LogP contribution in [0.1, 0.15) is 126 Å². The van der Waals surface area contributed by atoms with Gasteiger partial charge in [0.25, 0.3) is 11.7 Å². The molecule has 17 nitrogen and oxygen atoms in total. The predicted molar refractivity (Wildman–Crippen MR) is 273 cm³/mol. The van der Waals surface area contributed by atoms with Gasteiger partial charge < -0.3 is 58.5 Å². The van der Waals surface area contributed by atoms with Gasteiger partial charge in [-0.05, 0) is 107 Å². The summed E-state index contributed by atoms with van der Waals surface area (Å²) in [7, 11) is 2.93. The normalized spacial score (nSPS) is 35.0. The molecule has 1 saturated carbocycles.